The highest BCUT2D eigenvalue weighted by molar-refractivity contribution is 7.85. The van der Waals surface area contributed by atoms with Crippen LogP contribution in [0.1, 0.15) is 30.6 Å². The molecule has 2 atom stereocenters. The van der Waals surface area contributed by atoms with Crippen LogP contribution in [0, 0.1) is 5.41 Å². The van der Waals surface area contributed by atoms with Crippen LogP contribution in [-0.2, 0) is 15.6 Å². The van der Waals surface area contributed by atoms with E-state index in [0.717, 1.165) is 0 Å². The van der Waals surface area contributed by atoms with Crippen LogP contribution in [0.4, 0.5) is 0 Å². The highest BCUT2D eigenvalue weighted by Crippen LogP contribution is 2.31. The van der Waals surface area contributed by atoms with Gasteiger partial charge >= 0.3 is 5.97 Å². The predicted molar refractivity (Wildman–Crippen MR) is 79.7 cm³/mol. The Balaban J connectivity index is 2.27. The second kappa shape index (κ2) is 5.97. The van der Waals surface area contributed by atoms with Crippen molar-refractivity contribution in [1.82, 2.24) is 4.90 Å². The number of carbonyl (C=O) groups excluding carboxylic acids is 1. The highest BCUT2D eigenvalue weighted by Gasteiger charge is 2.42. The lowest BCUT2D eigenvalue weighted by molar-refractivity contribution is -0.147. The Hall–Kier alpha value is -1.69. The number of carboxylic acids is 1. The van der Waals surface area contributed by atoms with Gasteiger partial charge in [-0.15, -0.1) is 0 Å². The molecule has 0 spiro atoms. The van der Waals surface area contributed by atoms with Crippen molar-refractivity contribution < 1.29 is 18.9 Å². The van der Waals surface area contributed by atoms with Crippen LogP contribution in [0.15, 0.2) is 29.2 Å². The fourth-order valence-electron chi connectivity index (χ4n) is 2.48. The maximum Gasteiger partial charge on any atom is 0.311 e. The van der Waals surface area contributed by atoms with Gasteiger partial charge in [-0.3, -0.25) is 13.8 Å². The van der Waals surface area contributed by atoms with Gasteiger partial charge in [0.05, 0.1) is 26.7 Å². The van der Waals surface area contributed by atoms with Gasteiger partial charge in [-0.2, -0.15) is 0 Å². The van der Waals surface area contributed by atoms with E-state index in [1.807, 2.05) is 0 Å². The van der Waals surface area contributed by atoms with E-state index in [4.69, 9.17) is 0 Å². The average molecular weight is 309 g/mol. The number of carboxylic acid groups (broad SMARTS) is 1. The molecule has 2 unspecified atom stereocenters. The first-order chi connectivity index (χ1) is 9.89. The van der Waals surface area contributed by atoms with Crippen LogP contribution in [0.2, 0.25) is 0 Å². The minimum Gasteiger partial charge on any atom is -0.481 e. The Bertz CT molecular complexity index is 601. The second-order valence-corrected chi connectivity index (χ2v) is 7.18. The molecule has 21 heavy (non-hydrogen) atoms. The van der Waals surface area contributed by atoms with Gasteiger partial charge < -0.3 is 10.0 Å². The van der Waals surface area contributed by atoms with Crippen molar-refractivity contribution in [2.24, 2.45) is 5.41 Å². The Kier molecular flexibility index (Phi) is 4.46. The molecule has 0 aromatic heterocycles. The van der Waals surface area contributed by atoms with Crippen LogP contribution >= 0.6 is 0 Å². The summed E-state index contributed by atoms with van der Waals surface area (Å²) in [5.74, 6) is -0.683. The maximum absolute atomic E-state index is 12.6. The van der Waals surface area contributed by atoms with E-state index >= 15 is 0 Å². The molecule has 1 aromatic rings. The van der Waals surface area contributed by atoms with E-state index < -0.39 is 22.2 Å². The molecule has 1 aromatic carbocycles. The standard InChI is InChI=1S/C15H19NO4S/c1-3-21(20)12-7-5-4-6-11(12)13(17)16-9-8-15(2,10-16)14(18)19/h4-7H,3,8-10H2,1-2H3,(H,18,19). The Morgan fingerprint density at radius 3 is 2.62 bits per heavy atom. The van der Waals surface area contributed by atoms with E-state index in [9.17, 15) is 18.9 Å². The fraction of sp³-hybridized carbons (Fsp3) is 0.467. The minimum absolute atomic E-state index is 0.189. The minimum atomic E-state index is -1.21. The Morgan fingerprint density at radius 1 is 1.38 bits per heavy atom. The molecule has 6 heteroatoms. The van der Waals surface area contributed by atoms with Crippen LogP contribution in [-0.4, -0.2) is 44.9 Å². The third kappa shape index (κ3) is 3.00. The summed E-state index contributed by atoms with van der Waals surface area (Å²) in [5, 5.41) is 9.24. The van der Waals surface area contributed by atoms with Crippen molar-refractivity contribution >= 4 is 22.7 Å². The number of aliphatic carboxylic acids is 1. The normalized spacial score (nSPS) is 23.0. The first-order valence-electron chi connectivity index (χ1n) is 6.89. The zero-order valence-corrected chi connectivity index (χ0v) is 13.0. The third-order valence-corrected chi connectivity index (χ3v) is 5.27. The number of carbonyl (C=O) groups is 2. The average Bonchev–Trinajstić information content (AvgIpc) is 2.89. The number of benzene rings is 1. The molecular weight excluding hydrogens is 290 g/mol. The van der Waals surface area contributed by atoms with Crippen LogP contribution in [0.3, 0.4) is 0 Å². The molecule has 1 fully saturated rings. The molecule has 1 N–H and O–H groups in total. The van der Waals surface area contributed by atoms with Crippen LogP contribution < -0.4 is 0 Å². The SMILES string of the molecule is CCS(=O)c1ccccc1C(=O)N1CCC(C)(C(=O)O)C1. The predicted octanol–water partition coefficient (Wildman–Crippen LogP) is 1.75. The van der Waals surface area contributed by atoms with Crippen molar-refractivity contribution in [3.05, 3.63) is 29.8 Å². The molecule has 0 bridgehead atoms. The zero-order chi connectivity index (χ0) is 15.6. The second-order valence-electron chi connectivity index (χ2n) is 5.47. The molecule has 0 saturated carbocycles. The summed E-state index contributed by atoms with van der Waals surface area (Å²) in [6.45, 7) is 4.05. The molecule has 1 amide bonds. The monoisotopic (exact) mass is 309 g/mol. The first kappa shape index (κ1) is 15.7. The summed E-state index contributed by atoms with van der Waals surface area (Å²) >= 11 is 0. The quantitative estimate of drug-likeness (QED) is 0.919. The lowest BCUT2D eigenvalue weighted by Gasteiger charge is -2.21. The van der Waals surface area contributed by atoms with Gasteiger partial charge in [-0.1, -0.05) is 19.1 Å². The van der Waals surface area contributed by atoms with Crippen molar-refractivity contribution in [3.8, 4) is 0 Å². The Morgan fingerprint density at radius 2 is 2.05 bits per heavy atom. The molecule has 1 aliphatic rings. The molecule has 0 aliphatic carbocycles. The molecule has 1 aliphatic heterocycles. The smallest absolute Gasteiger partial charge is 0.311 e. The number of hydrogen-bond acceptors (Lipinski definition) is 3. The van der Waals surface area contributed by atoms with Gasteiger partial charge in [0.1, 0.15) is 0 Å². The topological polar surface area (TPSA) is 74.7 Å². The maximum atomic E-state index is 12.6. The number of nitrogens with zero attached hydrogens (tertiary/aromatic N) is 1. The van der Waals surface area contributed by atoms with Crippen molar-refractivity contribution in [2.75, 3.05) is 18.8 Å². The largest absolute Gasteiger partial charge is 0.481 e. The van der Waals surface area contributed by atoms with E-state index in [2.05, 4.69) is 0 Å². The fourth-order valence-corrected chi connectivity index (χ4v) is 3.42. The van der Waals surface area contributed by atoms with E-state index in [0.29, 0.717) is 29.2 Å². The van der Waals surface area contributed by atoms with E-state index in [-0.39, 0.29) is 12.5 Å². The summed E-state index contributed by atoms with van der Waals surface area (Å²) < 4.78 is 12.0. The van der Waals surface area contributed by atoms with Crippen molar-refractivity contribution in [1.29, 1.82) is 0 Å². The molecule has 1 saturated heterocycles. The molecule has 1 heterocycles. The summed E-state index contributed by atoms with van der Waals surface area (Å²) in [6, 6.07) is 6.84. The van der Waals surface area contributed by atoms with E-state index in [1.54, 1.807) is 43.0 Å². The van der Waals surface area contributed by atoms with Gasteiger partial charge in [0.2, 0.25) is 0 Å². The molecule has 5 nitrogen and oxygen atoms in total. The zero-order valence-electron chi connectivity index (χ0n) is 12.2. The van der Waals surface area contributed by atoms with Crippen LogP contribution in [0.5, 0.6) is 0 Å². The number of amides is 1. The Labute approximate surface area is 126 Å². The first-order valence-corrected chi connectivity index (χ1v) is 8.21. The van der Waals surface area contributed by atoms with Crippen LogP contribution in [0.25, 0.3) is 0 Å². The van der Waals surface area contributed by atoms with Crippen molar-refractivity contribution in [2.45, 2.75) is 25.2 Å². The molecule has 0 radical (unpaired) electrons. The molecule has 114 valence electrons. The van der Waals surface area contributed by atoms with E-state index in [1.165, 1.54) is 0 Å². The lowest BCUT2D eigenvalue weighted by Crippen LogP contribution is -2.35. The highest BCUT2D eigenvalue weighted by atomic mass is 32.2. The summed E-state index contributed by atoms with van der Waals surface area (Å²) in [5.41, 5.74) is -0.485. The molecular formula is C15H19NO4S. The lowest BCUT2D eigenvalue weighted by atomic mass is 9.90. The molecule has 2 rings (SSSR count). The van der Waals surface area contributed by atoms with Gasteiger partial charge in [-0.05, 0) is 25.5 Å². The van der Waals surface area contributed by atoms with Crippen molar-refractivity contribution in [3.63, 3.8) is 0 Å². The number of likely N-dealkylation sites (tertiary alicyclic amines) is 1. The van der Waals surface area contributed by atoms with Gasteiger partial charge in [0, 0.05) is 18.8 Å². The van der Waals surface area contributed by atoms with Gasteiger partial charge in [-0.25, -0.2) is 0 Å². The van der Waals surface area contributed by atoms with Gasteiger partial charge in [0.15, 0.2) is 0 Å². The number of rotatable bonds is 4. The third-order valence-electron chi connectivity index (χ3n) is 3.90. The summed E-state index contributed by atoms with van der Waals surface area (Å²) in [7, 11) is -1.21. The van der Waals surface area contributed by atoms with Gasteiger partial charge in [0.25, 0.3) is 5.91 Å². The summed E-state index contributed by atoms with van der Waals surface area (Å²) in [6.07, 6.45) is 0.438. The number of hydrogen-bond donors (Lipinski definition) is 1. The summed E-state index contributed by atoms with van der Waals surface area (Å²) in [4.78, 5) is 25.9.